The van der Waals surface area contributed by atoms with E-state index in [1.54, 1.807) is 20.8 Å². The molecule has 2 rings (SSSR count). The molecule has 1 aromatic heterocycles. The van der Waals surface area contributed by atoms with Gasteiger partial charge in [0, 0.05) is 18.2 Å². The van der Waals surface area contributed by atoms with E-state index in [1.807, 2.05) is 0 Å². The minimum Gasteiger partial charge on any atom is -0.460 e. The highest BCUT2D eigenvalue weighted by Crippen LogP contribution is 2.30. The maximum Gasteiger partial charge on any atom is 0.435 e. The van der Waals surface area contributed by atoms with Crippen molar-refractivity contribution in [1.29, 1.82) is 0 Å². The molecule has 0 radical (unpaired) electrons. The number of aromatic nitrogens is 2. The highest BCUT2D eigenvalue weighted by Gasteiger charge is 2.35. The molecule has 1 aromatic carbocycles. The van der Waals surface area contributed by atoms with Crippen molar-refractivity contribution in [1.82, 2.24) is 9.78 Å². The van der Waals surface area contributed by atoms with Gasteiger partial charge in [0.25, 0.3) is 0 Å². The minimum atomic E-state index is -4.74. The number of esters is 1. The number of alkyl halides is 3. The number of aryl methyl sites for hydroxylation is 1. The van der Waals surface area contributed by atoms with Crippen molar-refractivity contribution < 1.29 is 31.5 Å². The van der Waals surface area contributed by atoms with Gasteiger partial charge in [0.1, 0.15) is 17.2 Å². The van der Waals surface area contributed by atoms with Crippen LogP contribution in [0.5, 0.6) is 0 Å². The minimum absolute atomic E-state index is 0.0202. The van der Waals surface area contributed by atoms with E-state index in [0.717, 1.165) is 22.9 Å². The first-order valence-electron chi connectivity index (χ1n) is 7.69. The molecule has 2 aromatic rings. The SMILES string of the molecule is CC(C)(C)OC(=O)CCc1cc(C(F)(F)F)nn1-c1cc(F)cc(F)c1. The second kappa shape index (κ2) is 7.05. The molecule has 0 amide bonds. The second-order valence-electron chi connectivity index (χ2n) is 6.64. The van der Waals surface area contributed by atoms with E-state index < -0.39 is 35.1 Å². The molecule has 0 saturated heterocycles. The Labute approximate surface area is 146 Å². The molecule has 0 fully saturated rings. The second-order valence-corrected chi connectivity index (χ2v) is 6.64. The molecule has 0 aliphatic heterocycles. The van der Waals surface area contributed by atoms with Gasteiger partial charge in [-0.05, 0) is 39.0 Å². The van der Waals surface area contributed by atoms with Crippen LogP contribution < -0.4 is 0 Å². The van der Waals surface area contributed by atoms with Gasteiger partial charge in [-0.15, -0.1) is 0 Å². The fourth-order valence-electron chi connectivity index (χ4n) is 2.24. The molecule has 0 saturated carbocycles. The normalized spacial score (nSPS) is 12.3. The summed E-state index contributed by atoms with van der Waals surface area (Å²) in [6, 6.07) is 3.05. The summed E-state index contributed by atoms with van der Waals surface area (Å²) in [5.41, 5.74) is -2.19. The van der Waals surface area contributed by atoms with Crippen molar-refractivity contribution in [3.05, 3.63) is 47.3 Å². The smallest absolute Gasteiger partial charge is 0.435 e. The van der Waals surface area contributed by atoms with E-state index in [4.69, 9.17) is 4.74 Å². The molecular weight excluding hydrogens is 359 g/mol. The molecule has 0 aliphatic carbocycles. The first kappa shape index (κ1) is 19.9. The number of halogens is 5. The van der Waals surface area contributed by atoms with Gasteiger partial charge in [0.2, 0.25) is 0 Å². The van der Waals surface area contributed by atoms with Gasteiger partial charge in [-0.3, -0.25) is 4.79 Å². The number of hydrogen-bond donors (Lipinski definition) is 0. The number of carbonyl (C=O) groups is 1. The van der Waals surface area contributed by atoms with E-state index in [2.05, 4.69) is 5.10 Å². The van der Waals surface area contributed by atoms with Crippen LogP contribution in [0.4, 0.5) is 22.0 Å². The summed E-state index contributed by atoms with van der Waals surface area (Å²) in [5.74, 6) is -2.52. The molecule has 0 aliphatic rings. The first-order chi connectivity index (χ1) is 11.8. The van der Waals surface area contributed by atoms with Crippen LogP contribution in [0, 0.1) is 11.6 Å². The average Bonchev–Trinajstić information content (AvgIpc) is 2.86. The van der Waals surface area contributed by atoms with Crippen molar-refractivity contribution in [2.45, 2.75) is 45.4 Å². The van der Waals surface area contributed by atoms with Crippen LogP contribution in [0.1, 0.15) is 38.6 Å². The maximum atomic E-state index is 13.4. The van der Waals surface area contributed by atoms with Crippen molar-refractivity contribution in [2.75, 3.05) is 0 Å². The molecule has 4 nitrogen and oxygen atoms in total. The van der Waals surface area contributed by atoms with Crippen LogP contribution >= 0.6 is 0 Å². The topological polar surface area (TPSA) is 44.1 Å². The summed E-state index contributed by atoms with van der Waals surface area (Å²) in [7, 11) is 0. The van der Waals surface area contributed by atoms with E-state index in [1.165, 1.54) is 0 Å². The fourth-order valence-corrected chi connectivity index (χ4v) is 2.24. The summed E-state index contributed by atoms with van der Waals surface area (Å²) in [6.07, 6.45) is -5.09. The first-order valence-corrected chi connectivity index (χ1v) is 7.69. The van der Waals surface area contributed by atoms with Crippen LogP contribution in [-0.2, 0) is 22.1 Å². The van der Waals surface area contributed by atoms with Crippen LogP contribution in [0.15, 0.2) is 24.3 Å². The van der Waals surface area contributed by atoms with E-state index in [9.17, 15) is 26.7 Å². The van der Waals surface area contributed by atoms with Gasteiger partial charge in [0.05, 0.1) is 12.1 Å². The Kier molecular flexibility index (Phi) is 5.39. The molecular formula is C17H17F5N2O2. The lowest BCUT2D eigenvalue weighted by molar-refractivity contribution is -0.154. The van der Waals surface area contributed by atoms with Gasteiger partial charge in [-0.25, -0.2) is 13.5 Å². The van der Waals surface area contributed by atoms with Crippen molar-refractivity contribution in [3.8, 4) is 5.69 Å². The Balaban J connectivity index is 2.35. The summed E-state index contributed by atoms with van der Waals surface area (Å²) >= 11 is 0. The summed E-state index contributed by atoms with van der Waals surface area (Å²) in [4.78, 5) is 11.8. The number of carbonyl (C=O) groups excluding carboxylic acids is 1. The largest absolute Gasteiger partial charge is 0.460 e. The molecule has 9 heteroatoms. The fraction of sp³-hybridized carbons (Fsp3) is 0.412. The Hall–Kier alpha value is -2.45. The summed E-state index contributed by atoms with van der Waals surface area (Å²) in [6.45, 7) is 4.98. The number of hydrogen-bond acceptors (Lipinski definition) is 3. The van der Waals surface area contributed by atoms with E-state index in [-0.39, 0.29) is 24.2 Å². The van der Waals surface area contributed by atoms with Crippen LogP contribution in [0.25, 0.3) is 5.69 Å². The highest BCUT2D eigenvalue weighted by molar-refractivity contribution is 5.70. The highest BCUT2D eigenvalue weighted by atomic mass is 19.4. The zero-order valence-electron chi connectivity index (χ0n) is 14.3. The van der Waals surface area contributed by atoms with Crippen molar-refractivity contribution >= 4 is 5.97 Å². The molecule has 0 bridgehead atoms. The Morgan fingerprint density at radius 1 is 1.08 bits per heavy atom. The van der Waals surface area contributed by atoms with Gasteiger partial charge < -0.3 is 4.74 Å². The Bertz CT molecular complexity index is 786. The lowest BCUT2D eigenvalue weighted by Crippen LogP contribution is -2.24. The third-order valence-electron chi connectivity index (χ3n) is 3.17. The molecule has 0 atom stereocenters. The lowest BCUT2D eigenvalue weighted by Gasteiger charge is -2.19. The molecule has 0 unspecified atom stereocenters. The molecule has 26 heavy (non-hydrogen) atoms. The Morgan fingerprint density at radius 3 is 2.15 bits per heavy atom. The predicted molar refractivity (Wildman–Crippen MR) is 82.6 cm³/mol. The standard InChI is InChI=1S/C17H17F5N2O2/c1-16(2,3)26-15(25)5-4-12-9-14(17(20,21)22)23-24(12)13-7-10(18)6-11(19)8-13/h6-9H,4-5H2,1-3H3. The van der Waals surface area contributed by atoms with Gasteiger partial charge in [-0.2, -0.15) is 18.3 Å². The molecule has 0 spiro atoms. The van der Waals surface area contributed by atoms with E-state index in [0.29, 0.717) is 6.07 Å². The van der Waals surface area contributed by atoms with Gasteiger partial charge in [-0.1, -0.05) is 0 Å². The van der Waals surface area contributed by atoms with Gasteiger partial charge >= 0.3 is 12.1 Å². The number of benzene rings is 1. The monoisotopic (exact) mass is 376 g/mol. The zero-order valence-corrected chi connectivity index (χ0v) is 14.3. The van der Waals surface area contributed by atoms with Crippen LogP contribution in [0.2, 0.25) is 0 Å². The van der Waals surface area contributed by atoms with Gasteiger partial charge in [0.15, 0.2) is 5.69 Å². The quantitative estimate of drug-likeness (QED) is 0.585. The molecule has 0 N–H and O–H groups in total. The summed E-state index contributed by atoms with van der Waals surface area (Å²) < 4.78 is 71.6. The Morgan fingerprint density at radius 2 is 1.65 bits per heavy atom. The zero-order chi connectivity index (χ0) is 19.7. The number of ether oxygens (including phenoxy) is 1. The number of rotatable bonds is 4. The summed E-state index contributed by atoms with van der Waals surface area (Å²) in [5, 5.41) is 3.39. The maximum absolute atomic E-state index is 13.4. The van der Waals surface area contributed by atoms with Crippen molar-refractivity contribution in [2.24, 2.45) is 0 Å². The lowest BCUT2D eigenvalue weighted by atomic mass is 10.1. The number of nitrogens with zero attached hydrogens (tertiary/aromatic N) is 2. The third-order valence-corrected chi connectivity index (χ3v) is 3.17. The molecule has 142 valence electrons. The van der Waals surface area contributed by atoms with Crippen LogP contribution in [-0.4, -0.2) is 21.4 Å². The third kappa shape index (κ3) is 5.27. The predicted octanol–water partition coefficient (Wildman–Crippen LogP) is 4.44. The van der Waals surface area contributed by atoms with Crippen LogP contribution in [0.3, 0.4) is 0 Å². The van der Waals surface area contributed by atoms with E-state index >= 15 is 0 Å². The average molecular weight is 376 g/mol. The van der Waals surface area contributed by atoms with Crippen molar-refractivity contribution in [3.63, 3.8) is 0 Å². The molecule has 1 heterocycles.